The summed E-state index contributed by atoms with van der Waals surface area (Å²) in [4.78, 5) is 52.0. The molecule has 1 aliphatic heterocycles. The van der Waals surface area contributed by atoms with Gasteiger partial charge in [0.25, 0.3) is 0 Å². The summed E-state index contributed by atoms with van der Waals surface area (Å²) in [5.41, 5.74) is 6.61. The van der Waals surface area contributed by atoms with E-state index in [2.05, 4.69) is 10.6 Å². The summed E-state index contributed by atoms with van der Waals surface area (Å²) in [6, 6.07) is 4.52. The molecule has 0 radical (unpaired) electrons. The van der Waals surface area contributed by atoms with Gasteiger partial charge in [-0.15, -0.1) is 0 Å². The highest BCUT2D eigenvalue weighted by Crippen LogP contribution is 2.23. The fourth-order valence-electron chi connectivity index (χ4n) is 4.34. The third-order valence-electron chi connectivity index (χ3n) is 6.51. The van der Waals surface area contributed by atoms with Crippen LogP contribution >= 0.6 is 0 Å². The zero-order chi connectivity index (χ0) is 28.3. The van der Waals surface area contributed by atoms with Crippen LogP contribution < -0.4 is 16.4 Å². The summed E-state index contributed by atoms with van der Waals surface area (Å²) < 4.78 is 44.7. The molecular formula is C26H37F3N4O5. The number of rotatable bonds is 12. The van der Waals surface area contributed by atoms with Crippen molar-refractivity contribution in [3.8, 4) is 0 Å². The molecule has 1 fully saturated rings. The lowest BCUT2D eigenvalue weighted by atomic mass is 9.96. The number of ether oxygens (including phenoxy) is 1. The summed E-state index contributed by atoms with van der Waals surface area (Å²) >= 11 is 0. The first-order valence-corrected chi connectivity index (χ1v) is 12.8. The van der Waals surface area contributed by atoms with Gasteiger partial charge in [0.2, 0.25) is 17.7 Å². The summed E-state index contributed by atoms with van der Waals surface area (Å²) in [5, 5.41) is 4.56. The Bertz CT molecular complexity index is 937. The second-order valence-electron chi connectivity index (χ2n) is 9.50. The van der Waals surface area contributed by atoms with E-state index in [1.807, 2.05) is 6.92 Å². The number of piperidine rings is 1. The molecule has 1 aliphatic rings. The van der Waals surface area contributed by atoms with Crippen LogP contribution in [0.4, 0.5) is 13.2 Å². The van der Waals surface area contributed by atoms with Crippen molar-refractivity contribution in [2.45, 2.75) is 76.2 Å². The van der Waals surface area contributed by atoms with Crippen molar-refractivity contribution < 1.29 is 37.1 Å². The van der Waals surface area contributed by atoms with E-state index in [0.717, 1.165) is 0 Å². The van der Waals surface area contributed by atoms with Crippen LogP contribution in [0.25, 0.3) is 0 Å². The first kappa shape index (κ1) is 31.1. The highest BCUT2D eigenvalue weighted by molar-refractivity contribution is 5.93. The number of hydrogen-bond acceptors (Lipinski definition) is 6. The number of nitrogens with two attached hydrogens (primary N) is 1. The summed E-state index contributed by atoms with van der Waals surface area (Å²) in [7, 11) is 1.29. The Hall–Kier alpha value is -3.15. The van der Waals surface area contributed by atoms with Crippen LogP contribution in [0.15, 0.2) is 30.3 Å². The minimum atomic E-state index is -4.75. The molecular weight excluding hydrogens is 505 g/mol. The summed E-state index contributed by atoms with van der Waals surface area (Å²) in [6.07, 6.45) is -4.05. The average Bonchev–Trinajstić information content (AvgIpc) is 2.89. The monoisotopic (exact) mass is 542 g/mol. The molecule has 4 N–H and O–H groups in total. The molecule has 0 bridgehead atoms. The Morgan fingerprint density at radius 2 is 1.66 bits per heavy atom. The molecule has 9 nitrogen and oxygen atoms in total. The Kier molecular flexibility index (Phi) is 12.0. The topological polar surface area (TPSA) is 131 Å². The molecule has 3 atom stereocenters. The number of halogens is 3. The molecule has 212 valence electrons. The number of amides is 3. The van der Waals surface area contributed by atoms with E-state index >= 15 is 0 Å². The molecule has 0 spiro atoms. The lowest BCUT2D eigenvalue weighted by Gasteiger charge is -2.34. The number of carbonyl (C=O) groups is 4. The number of nitrogens with zero attached hydrogens (tertiary/aromatic N) is 1. The number of carbonyl (C=O) groups excluding carboxylic acids is 4. The van der Waals surface area contributed by atoms with Gasteiger partial charge in [0, 0.05) is 13.1 Å². The number of unbranched alkanes of at least 4 members (excludes halogenated alkanes) is 1. The quantitative estimate of drug-likeness (QED) is 0.347. The van der Waals surface area contributed by atoms with E-state index in [1.54, 1.807) is 30.3 Å². The number of nitrogens with one attached hydrogen (secondary N) is 2. The predicted molar refractivity (Wildman–Crippen MR) is 133 cm³/mol. The number of methoxy groups -OCH3 is 1. The van der Waals surface area contributed by atoms with Crippen molar-refractivity contribution in [3.05, 3.63) is 35.9 Å². The Morgan fingerprint density at radius 3 is 2.21 bits per heavy atom. The molecule has 3 amide bonds. The Labute approximate surface area is 220 Å². The van der Waals surface area contributed by atoms with Crippen molar-refractivity contribution in [3.63, 3.8) is 0 Å². The van der Waals surface area contributed by atoms with Gasteiger partial charge in [-0.25, -0.2) is 0 Å². The lowest BCUT2D eigenvalue weighted by Crippen LogP contribution is -2.57. The summed E-state index contributed by atoms with van der Waals surface area (Å²) in [6.45, 7) is 2.40. The van der Waals surface area contributed by atoms with Crippen LogP contribution in [-0.2, 0) is 30.3 Å². The van der Waals surface area contributed by atoms with Crippen molar-refractivity contribution in [1.29, 1.82) is 0 Å². The third-order valence-corrected chi connectivity index (χ3v) is 6.51. The van der Waals surface area contributed by atoms with Crippen molar-refractivity contribution >= 4 is 23.7 Å². The standard InChI is InChI=1S/C26H37F3N4O5/c1-3-4-10-20(24(36)33-13-11-18(12-14-33)25(37)38-2)31-23(35)21(16-26(27,28)29)32-22(34)19(30)15-17-8-6-5-7-9-17/h5-9,18-21H,3-4,10-16,30H2,1-2H3,(H,31,35)(H,32,34)/t19-,20?,21-/m1/s1. The largest absolute Gasteiger partial charge is 0.469 e. The van der Waals surface area contributed by atoms with Gasteiger partial charge < -0.3 is 26.0 Å². The van der Waals surface area contributed by atoms with Crippen molar-refractivity contribution in [1.82, 2.24) is 15.5 Å². The maximum atomic E-state index is 13.3. The van der Waals surface area contributed by atoms with Gasteiger partial charge in [-0.2, -0.15) is 13.2 Å². The van der Waals surface area contributed by atoms with Crippen LogP contribution in [0.5, 0.6) is 0 Å². The van der Waals surface area contributed by atoms with Gasteiger partial charge in [0.05, 0.1) is 25.5 Å². The minimum absolute atomic E-state index is 0.0756. The van der Waals surface area contributed by atoms with E-state index in [9.17, 15) is 32.3 Å². The van der Waals surface area contributed by atoms with Gasteiger partial charge in [-0.3, -0.25) is 19.2 Å². The minimum Gasteiger partial charge on any atom is -0.469 e. The highest BCUT2D eigenvalue weighted by atomic mass is 19.4. The van der Waals surface area contributed by atoms with Gasteiger partial charge >= 0.3 is 12.1 Å². The SMILES string of the molecule is CCCCC(NC(=O)[C@@H](CC(F)(F)F)NC(=O)[C@H](N)Cc1ccccc1)C(=O)N1CCC(C(=O)OC)CC1. The average molecular weight is 543 g/mol. The van der Waals surface area contributed by atoms with Gasteiger partial charge in [-0.05, 0) is 31.2 Å². The van der Waals surface area contributed by atoms with Crippen LogP contribution in [0.3, 0.4) is 0 Å². The lowest BCUT2D eigenvalue weighted by molar-refractivity contribution is -0.153. The third kappa shape index (κ3) is 9.96. The molecule has 0 aliphatic carbocycles. The van der Waals surface area contributed by atoms with E-state index in [-0.39, 0.29) is 37.8 Å². The van der Waals surface area contributed by atoms with Crippen molar-refractivity contribution in [2.24, 2.45) is 11.7 Å². The van der Waals surface area contributed by atoms with Crippen LogP contribution in [0.1, 0.15) is 51.0 Å². The van der Waals surface area contributed by atoms with Crippen LogP contribution in [0.2, 0.25) is 0 Å². The fraction of sp³-hybridized carbons (Fsp3) is 0.615. The zero-order valence-corrected chi connectivity index (χ0v) is 21.8. The van der Waals surface area contributed by atoms with E-state index in [4.69, 9.17) is 10.5 Å². The molecule has 12 heteroatoms. The van der Waals surface area contributed by atoms with E-state index in [1.165, 1.54) is 12.0 Å². The van der Waals surface area contributed by atoms with Gasteiger partial charge in [0.1, 0.15) is 12.1 Å². The number of benzene rings is 1. The first-order chi connectivity index (χ1) is 17.9. The van der Waals surface area contributed by atoms with E-state index < -0.39 is 48.4 Å². The molecule has 1 aromatic carbocycles. The second-order valence-corrected chi connectivity index (χ2v) is 9.50. The zero-order valence-electron chi connectivity index (χ0n) is 21.8. The molecule has 2 rings (SSSR count). The highest BCUT2D eigenvalue weighted by Gasteiger charge is 2.39. The molecule has 38 heavy (non-hydrogen) atoms. The van der Waals surface area contributed by atoms with E-state index in [0.29, 0.717) is 31.2 Å². The normalized spacial score (nSPS) is 16.7. The molecule has 1 unspecified atom stereocenters. The molecule has 1 saturated heterocycles. The van der Waals surface area contributed by atoms with Gasteiger partial charge in [-0.1, -0.05) is 50.1 Å². The predicted octanol–water partition coefficient (Wildman–Crippen LogP) is 2.08. The number of alkyl halides is 3. The molecule has 0 saturated carbocycles. The smallest absolute Gasteiger partial charge is 0.391 e. The second kappa shape index (κ2) is 14.7. The fourth-order valence-corrected chi connectivity index (χ4v) is 4.34. The van der Waals surface area contributed by atoms with Crippen LogP contribution in [-0.4, -0.2) is 73.1 Å². The van der Waals surface area contributed by atoms with Gasteiger partial charge in [0.15, 0.2) is 0 Å². The molecule has 1 aromatic rings. The van der Waals surface area contributed by atoms with Crippen LogP contribution in [0, 0.1) is 5.92 Å². The number of hydrogen-bond donors (Lipinski definition) is 3. The maximum absolute atomic E-state index is 13.3. The molecule has 1 heterocycles. The van der Waals surface area contributed by atoms with Crippen molar-refractivity contribution in [2.75, 3.05) is 20.2 Å². The molecule has 0 aromatic heterocycles. The summed E-state index contributed by atoms with van der Waals surface area (Å²) in [5.74, 6) is -3.14. The first-order valence-electron chi connectivity index (χ1n) is 12.8. The number of likely N-dealkylation sites (tertiary alicyclic amines) is 1. The maximum Gasteiger partial charge on any atom is 0.391 e. The Morgan fingerprint density at radius 1 is 1.05 bits per heavy atom. The number of esters is 1. The Balaban J connectivity index is 2.09.